The second kappa shape index (κ2) is 4.86. The van der Waals surface area contributed by atoms with Crippen molar-refractivity contribution in [2.75, 3.05) is 13.2 Å². The Morgan fingerprint density at radius 3 is 3.10 bits per heavy atom. The van der Waals surface area contributed by atoms with Crippen LogP contribution >= 0.6 is 11.6 Å². The van der Waals surface area contributed by atoms with Crippen LogP contribution in [0.5, 0.6) is 0 Å². The Bertz CT molecular complexity index is 801. The van der Waals surface area contributed by atoms with Crippen molar-refractivity contribution in [2.24, 2.45) is 7.05 Å². The maximum Gasteiger partial charge on any atom is 0.161 e. The summed E-state index contributed by atoms with van der Waals surface area (Å²) in [5.74, 6) is 0.851. The lowest BCUT2D eigenvalue weighted by atomic mass is 10.2. The average Bonchev–Trinajstić information content (AvgIpc) is 3.17. The van der Waals surface area contributed by atoms with E-state index >= 15 is 0 Å². The van der Waals surface area contributed by atoms with Crippen LogP contribution in [0.15, 0.2) is 30.6 Å². The molecule has 0 saturated carbocycles. The molecule has 21 heavy (non-hydrogen) atoms. The first-order valence-corrected chi connectivity index (χ1v) is 7.35. The summed E-state index contributed by atoms with van der Waals surface area (Å²) in [6.45, 7) is 1.52. The first-order chi connectivity index (χ1) is 10.3. The molecule has 5 nitrogen and oxygen atoms in total. The van der Waals surface area contributed by atoms with E-state index in [0.29, 0.717) is 11.1 Å². The van der Waals surface area contributed by atoms with Gasteiger partial charge in [0.15, 0.2) is 5.82 Å². The van der Waals surface area contributed by atoms with Crippen molar-refractivity contribution in [1.29, 1.82) is 0 Å². The van der Waals surface area contributed by atoms with E-state index in [9.17, 15) is 0 Å². The standard InChI is InChI=1S/C15H15ClN4O/c1-19-12-4-2-3-11(16)13(12)14(18-19)15-17-6-7-20(15)10-5-8-21-9-10/h2-4,6-7,10H,5,8-9H2,1H3. The number of aromatic nitrogens is 4. The van der Waals surface area contributed by atoms with Gasteiger partial charge in [0.2, 0.25) is 0 Å². The molecule has 1 aromatic carbocycles. The predicted octanol–water partition coefficient (Wildman–Crippen LogP) is 3.05. The van der Waals surface area contributed by atoms with Crippen molar-refractivity contribution in [3.8, 4) is 11.5 Å². The van der Waals surface area contributed by atoms with E-state index in [4.69, 9.17) is 16.3 Å². The topological polar surface area (TPSA) is 44.9 Å². The van der Waals surface area contributed by atoms with Gasteiger partial charge in [-0.15, -0.1) is 0 Å². The molecule has 1 aliphatic heterocycles. The van der Waals surface area contributed by atoms with Crippen LogP contribution in [0.4, 0.5) is 0 Å². The fourth-order valence-electron chi connectivity index (χ4n) is 2.96. The molecular formula is C15H15ClN4O. The zero-order valence-electron chi connectivity index (χ0n) is 11.7. The average molecular weight is 303 g/mol. The van der Waals surface area contributed by atoms with Crippen LogP contribution in [-0.4, -0.2) is 32.5 Å². The quantitative estimate of drug-likeness (QED) is 0.731. The maximum atomic E-state index is 6.39. The van der Waals surface area contributed by atoms with Gasteiger partial charge < -0.3 is 9.30 Å². The second-order valence-electron chi connectivity index (χ2n) is 5.28. The molecule has 0 N–H and O–H groups in total. The Balaban J connectivity index is 1.93. The highest BCUT2D eigenvalue weighted by Crippen LogP contribution is 2.34. The van der Waals surface area contributed by atoms with Crippen molar-refractivity contribution in [1.82, 2.24) is 19.3 Å². The zero-order valence-corrected chi connectivity index (χ0v) is 12.4. The molecule has 2 aromatic heterocycles. The van der Waals surface area contributed by atoms with Gasteiger partial charge in [-0.05, 0) is 18.6 Å². The Labute approximate surface area is 127 Å². The Hall–Kier alpha value is -1.85. The molecule has 6 heteroatoms. The van der Waals surface area contributed by atoms with Gasteiger partial charge in [0.25, 0.3) is 0 Å². The first kappa shape index (κ1) is 12.9. The van der Waals surface area contributed by atoms with E-state index in [-0.39, 0.29) is 0 Å². The molecule has 0 aliphatic carbocycles. The Morgan fingerprint density at radius 1 is 1.38 bits per heavy atom. The zero-order chi connectivity index (χ0) is 14.4. The van der Waals surface area contributed by atoms with Gasteiger partial charge in [-0.1, -0.05) is 17.7 Å². The molecule has 1 unspecified atom stereocenters. The van der Waals surface area contributed by atoms with Gasteiger partial charge in [-0.2, -0.15) is 5.10 Å². The van der Waals surface area contributed by atoms with E-state index in [0.717, 1.165) is 42.1 Å². The highest BCUT2D eigenvalue weighted by Gasteiger charge is 2.23. The van der Waals surface area contributed by atoms with Crippen LogP contribution in [0, 0.1) is 0 Å². The summed E-state index contributed by atoms with van der Waals surface area (Å²) < 4.78 is 9.49. The lowest BCUT2D eigenvalue weighted by Crippen LogP contribution is -2.09. The summed E-state index contributed by atoms with van der Waals surface area (Å²) in [7, 11) is 1.92. The number of halogens is 1. The SMILES string of the molecule is Cn1nc(-c2nccn2C2CCOC2)c2c(Cl)cccc21. The minimum atomic E-state index is 0.321. The highest BCUT2D eigenvalue weighted by atomic mass is 35.5. The highest BCUT2D eigenvalue weighted by molar-refractivity contribution is 6.36. The third-order valence-corrected chi connectivity index (χ3v) is 4.32. The molecule has 3 aromatic rings. The fourth-order valence-corrected chi connectivity index (χ4v) is 3.22. The monoisotopic (exact) mass is 302 g/mol. The molecule has 4 rings (SSSR count). The van der Waals surface area contributed by atoms with Gasteiger partial charge in [-0.3, -0.25) is 4.68 Å². The van der Waals surface area contributed by atoms with E-state index < -0.39 is 0 Å². The summed E-state index contributed by atoms with van der Waals surface area (Å²) in [6, 6.07) is 6.17. The molecule has 0 radical (unpaired) electrons. The number of ether oxygens (including phenoxy) is 1. The van der Waals surface area contributed by atoms with Crippen molar-refractivity contribution in [3.05, 3.63) is 35.6 Å². The summed E-state index contributed by atoms with van der Waals surface area (Å²) in [4.78, 5) is 4.51. The van der Waals surface area contributed by atoms with Crippen molar-refractivity contribution >= 4 is 22.5 Å². The van der Waals surface area contributed by atoms with Crippen molar-refractivity contribution in [2.45, 2.75) is 12.5 Å². The van der Waals surface area contributed by atoms with E-state index in [1.165, 1.54) is 0 Å². The van der Waals surface area contributed by atoms with E-state index in [1.807, 2.05) is 42.3 Å². The number of fused-ring (bicyclic) bond motifs is 1. The number of rotatable bonds is 2. The molecule has 1 aliphatic rings. The largest absolute Gasteiger partial charge is 0.379 e. The lowest BCUT2D eigenvalue weighted by molar-refractivity contribution is 0.187. The molecule has 0 amide bonds. The summed E-state index contributed by atoms with van der Waals surface area (Å²) in [5, 5.41) is 6.29. The minimum Gasteiger partial charge on any atom is -0.379 e. The molecule has 0 bridgehead atoms. The number of nitrogens with zero attached hydrogens (tertiary/aromatic N) is 4. The van der Waals surface area contributed by atoms with E-state index in [1.54, 1.807) is 0 Å². The number of imidazole rings is 1. The first-order valence-electron chi connectivity index (χ1n) is 6.98. The number of hydrogen-bond donors (Lipinski definition) is 0. The molecule has 1 saturated heterocycles. The van der Waals surface area contributed by atoms with Crippen molar-refractivity contribution < 1.29 is 4.74 Å². The summed E-state index contributed by atoms with van der Waals surface area (Å²) in [6.07, 6.45) is 4.80. The third-order valence-electron chi connectivity index (χ3n) is 4.01. The smallest absolute Gasteiger partial charge is 0.161 e. The van der Waals surface area contributed by atoms with Gasteiger partial charge in [0, 0.05) is 31.4 Å². The fraction of sp³-hybridized carbons (Fsp3) is 0.333. The van der Waals surface area contributed by atoms with Crippen molar-refractivity contribution in [3.63, 3.8) is 0 Å². The molecular weight excluding hydrogens is 288 g/mol. The molecule has 108 valence electrons. The van der Waals surface area contributed by atoms with Gasteiger partial charge >= 0.3 is 0 Å². The third kappa shape index (κ3) is 1.96. The van der Waals surface area contributed by atoms with Gasteiger partial charge in [0.05, 0.1) is 23.2 Å². The number of benzene rings is 1. The van der Waals surface area contributed by atoms with Crippen LogP contribution in [0.3, 0.4) is 0 Å². The minimum absolute atomic E-state index is 0.321. The molecule has 1 atom stereocenters. The number of aryl methyl sites for hydroxylation is 1. The molecule has 0 spiro atoms. The van der Waals surface area contributed by atoms with Crippen LogP contribution in [0.2, 0.25) is 5.02 Å². The Kier molecular flexibility index (Phi) is 2.97. The second-order valence-corrected chi connectivity index (χ2v) is 5.69. The van der Waals surface area contributed by atoms with Crippen LogP contribution in [-0.2, 0) is 11.8 Å². The van der Waals surface area contributed by atoms with E-state index in [2.05, 4.69) is 14.6 Å². The maximum absolute atomic E-state index is 6.39. The van der Waals surface area contributed by atoms with Crippen LogP contribution < -0.4 is 0 Å². The van der Waals surface area contributed by atoms with Gasteiger partial charge in [-0.25, -0.2) is 4.98 Å². The summed E-state index contributed by atoms with van der Waals surface area (Å²) >= 11 is 6.39. The van der Waals surface area contributed by atoms with Crippen LogP contribution in [0.25, 0.3) is 22.4 Å². The lowest BCUT2D eigenvalue weighted by Gasteiger charge is -2.12. The molecule has 3 heterocycles. The van der Waals surface area contributed by atoms with Gasteiger partial charge in [0.1, 0.15) is 5.69 Å². The number of hydrogen-bond acceptors (Lipinski definition) is 3. The predicted molar refractivity (Wildman–Crippen MR) is 81.4 cm³/mol. The normalized spacial score (nSPS) is 18.7. The summed E-state index contributed by atoms with van der Waals surface area (Å²) in [5.41, 5.74) is 1.84. The Morgan fingerprint density at radius 2 is 2.29 bits per heavy atom. The van der Waals surface area contributed by atoms with Crippen LogP contribution in [0.1, 0.15) is 12.5 Å². The molecule has 1 fully saturated rings.